The van der Waals surface area contributed by atoms with E-state index in [2.05, 4.69) is 25.9 Å². The fourth-order valence-corrected chi connectivity index (χ4v) is 1.39. The van der Waals surface area contributed by atoms with Crippen LogP contribution in [0.5, 0.6) is 0 Å². The van der Waals surface area contributed by atoms with E-state index in [-0.39, 0.29) is 0 Å². The Morgan fingerprint density at radius 3 is 1.71 bits per heavy atom. The zero-order valence-electron chi connectivity index (χ0n) is 11.0. The van der Waals surface area contributed by atoms with Crippen LogP contribution in [-0.2, 0) is 7.05 Å². The van der Waals surface area contributed by atoms with Crippen LogP contribution >= 0.6 is 0 Å². The van der Waals surface area contributed by atoms with Gasteiger partial charge in [-0.05, 0) is 18.4 Å². The highest BCUT2D eigenvalue weighted by molar-refractivity contribution is 5.18. The number of nitrogens with zero attached hydrogens (tertiary/aromatic N) is 2. The summed E-state index contributed by atoms with van der Waals surface area (Å²) < 4.78 is 1.94. The van der Waals surface area contributed by atoms with Crippen molar-refractivity contribution in [2.75, 3.05) is 0 Å². The van der Waals surface area contributed by atoms with Crippen LogP contribution in [0.25, 0.3) is 0 Å². The van der Waals surface area contributed by atoms with Gasteiger partial charge in [-0.2, -0.15) is 5.10 Å². The molecule has 0 aliphatic heterocycles. The third kappa shape index (κ3) is 4.45. The van der Waals surface area contributed by atoms with Crippen molar-refractivity contribution in [3.63, 3.8) is 0 Å². The maximum atomic E-state index is 4.15. The maximum absolute atomic E-state index is 4.15. The van der Waals surface area contributed by atoms with Crippen molar-refractivity contribution in [1.29, 1.82) is 0 Å². The molecule has 0 aliphatic rings. The molecule has 0 saturated heterocycles. The van der Waals surface area contributed by atoms with Crippen LogP contribution in [0, 0.1) is 6.92 Å². The van der Waals surface area contributed by atoms with E-state index in [0.717, 1.165) is 0 Å². The number of hydrogen-bond acceptors (Lipinski definition) is 1. The van der Waals surface area contributed by atoms with E-state index < -0.39 is 0 Å². The highest BCUT2D eigenvalue weighted by atomic mass is 15.3. The molecule has 0 amide bonds. The van der Waals surface area contributed by atoms with Gasteiger partial charge in [0.15, 0.2) is 0 Å². The first kappa shape index (κ1) is 15.7. The minimum atomic E-state index is 0.576. The monoisotopic (exact) mass is 198 g/mol. The van der Waals surface area contributed by atoms with E-state index >= 15 is 0 Å². The minimum absolute atomic E-state index is 0.576. The summed E-state index contributed by atoms with van der Waals surface area (Å²) in [6.07, 6.45) is 1.91. The Balaban J connectivity index is 0. The Kier molecular flexibility index (Phi) is 9.84. The lowest BCUT2D eigenvalue weighted by molar-refractivity contribution is 0.666. The molecule has 0 radical (unpaired) electrons. The van der Waals surface area contributed by atoms with Gasteiger partial charge in [0.25, 0.3) is 0 Å². The lowest BCUT2D eigenvalue weighted by atomic mass is 10.1. The Hall–Kier alpha value is -0.790. The first-order valence-corrected chi connectivity index (χ1v) is 5.61. The molecule has 0 fully saturated rings. The minimum Gasteiger partial charge on any atom is -0.272 e. The molecule has 1 aromatic heterocycles. The quantitative estimate of drug-likeness (QED) is 0.669. The highest BCUT2D eigenvalue weighted by Gasteiger charge is 2.06. The summed E-state index contributed by atoms with van der Waals surface area (Å²) in [6.45, 7) is 14.5. The van der Waals surface area contributed by atoms with Crippen molar-refractivity contribution in [3.8, 4) is 0 Å². The van der Waals surface area contributed by atoms with Crippen LogP contribution in [0.2, 0.25) is 0 Å². The van der Waals surface area contributed by atoms with Crippen molar-refractivity contribution in [3.05, 3.63) is 17.5 Å². The molecule has 0 N–H and O–H groups in total. The van der Waals surface area contributed by atoms with Gasteiger partial charge in [0.2, 0.25) is 0 Å². The van der Waals surface area contributed by atoms with Gasteiger partial charge >= 0.3 is 0 Å². The third-order valence-electron chi connectivity index (χ3n) is 1.72. The molecule has 1 rings (SSSR count). The SMILES string of the molecule is CC.CC.Cc1cnn(C)c1C(C)C. The molecule has 0 atom stereocenters. The molecule has 0 aliphatic carbocycles. The van der Waals surface area contributed by atoms with Gasteiger partial charge in [0.1, 0.15) is 0 Å². The molecule has 0 unspecified atom stereocenters. The summed E-state index contributed by atoms with van der Waals surface area (Å²) in [4.78, 5) is 0. The van der Waals surface area contributed by atoms with E-state index in [9.17, 15) is 0 Å². The fourth-order valence-electron chi connectivity index (χ4n) is 1.39. The zero-order chi connectivity index (χ0) is 11.7. The van der Waals surface area contributed by atoms with E-state index in [4.69, 9.17) is 0 Å². The highest BCUT2D eigenvalue weighted by Crippen LogP contribution is 2.16. The molecule has 0 aromatic carbocycles. The van der Waals surface area contributed by atoms with Gasteiger partial charge in [0, 0.05) is 12.7 Å². The van der Waals surface area contributed by atoms with Crippen LogP contribution in [0.4, 0.5) is 0 Å². The van der Waals surface area contributed by atoms with Crippen molar-refractivity contribution in [2.24, 2.45) is 7.05 Å². The van der Waals surface area contributed by atoms with E-state index in [1.165, 1.54) is 11.3 Å². The second kappa shape index (κ2) is 8.79. The summed E-state index contributed by atoms with van der Waals surface area (Å²) in [6, 6.07) is 0. The topological polar surface area (TPSA) is 17.8 Å². The molecule has 0 saturated carbocycles. The van der Waals surface area contributed by atoms with Gasteiger partial charge in [-0.25, -0.2) is 0 Å². The first-order chi connectivity index (χ1) is 6.63. The molecular weight excluding hydrogens is 172 g/mol. The zero-order valence-corrected chi connectivity index (χ0v) is 11.0. The standard InChI is InChI=1S/C8H14N2.2C2H6/c1-6(2)8-7(3)5-9-10(8)4;2*1-2/h5-6H,1-4H3;2*1-2H3. The van der Waals surface area contributed by atoms with Crippen LogP contribution in [0.1, 0.15) is 58.7 Å². The number of aromatic nitrogens is 2. The van der Waals surface area contributed by atoms with Crippen molar-refractivity contribution in [1.82, 2.24) is 9.78 Å². The average Bonchev–Trinajstić information content (AvgIpc) is 2.52. The number of aryl methyl sites for hydroxylation is 2. The molecule has 1 aromatic rings. The number of rotatable bonds is 1. The second-order valence-electron chi connectivity index (χ2n) is 2.99. The lowest BCUT2D eigenvalue weighted by Gasteiger charge is -2.05. The lowest BCUT2D eigenvalue weighted by Crippen LogP contribution is -2.00. The van der Waals surface area contributed by atoms with Crippen LogP contribution in [-0.4, -0.2) is 9.78 Å². The van der Waals surface area contributed by atoms with Crippen LogP contribution < -0.4 is 0 Å². The third-order valence-corrected chi connectivity index (χ3v) is 1.72. The molecule has 0 spiro atoms. The molecule has 0 bridgehead atoms. The van der Waals surface area contributed by atoms with Gasteiger partial charge in [0.05, 0.1) is 6.20 Å². The van der Waals surface area contributed by atoms with Gasteiger partial charge in [-0.3, -0.25) is 4.68 Å². The smallest absolute Gasteiger partial charge is 0.0521 e. The largest absolute Gasteiger partial charge is 0.272 e. The van der Waals surface area contributed by atoms with Gasteiger partial charge in [-0.1, -0.05) is 41.5 Å². The van der Waals surface area contributed by atoms with E-state index in [1.54, 1.807) is 0 Å². The van der Waals surface area contributed by atoms with Crippen LogP contribution in [0.3, 0.4) is 0 Å². The van der Waals surface area contributed by atoms with Gasteiger partial charge in [-0.15, -0.1) is 0 Å². The molecular formula is C12H26N2. The summed E-state index contributed by atoms with van der Waals surface area (Å²) in [5.74, 6) is 0.576. The fraction of sp³-hybridized carbons (Fsp3) is 0.750. The molecule has 2 nitrogen and oxygen atoms in total. The normalized spacial score (nSPS) is 8.64. The summed E-state index contributed by atoms with van der Waals surface area (Å²) >= 11 is 0. The predicted molar refractivity (Wildman–Crippen MR) is 64.7 cm³/mol. The maximum Gasteiger partial charge on any atom is 0.0521 e. The molecule has 1 heterocycles. The van der Waals surface area contributed by atoms with Crippen molar-refractivity contribution < 1.29 is 0 Å². The molecule has 84 valence electrons. The summed E-state index contributed by atoms with van der Waals surface area (Å²) in [5, 5.41) is 4.15. The van der Waals surface area contributed by atoms with Gasteiger partial charge < -0.3 is 0 Å². The van der Waals surface area contributed by atoms with Crippen molar-refractivity contribution >= 4 is 0 Å². The Bertz CT molecular complexity index is 205. The molecule has 2 heteroatoms. The van der Waals surface area contributed by atoms with E-state index in [1.807, 2.05) is 45.6 Å². The second-order valence-corrected chi connectivity index (χ2v) is 2.99. The summed E-state index contributed by atoms with van der Waals surface area (Å²) in [5.41, 5.74) is 2.62. The number of hydrogen-bond donors (Lipinski definition) is 0. The first-order valence-electron chi connectivity index (χ1n) is 5.61. The predicted octanol–water partition coefficient (Wildman–Crippen LogP) is 3.90. The Labute approximate surface area is 89.3 Å². The Morgan fingerprint density at radius 1 is 1.14 bits per heavy atom. The summed E-state index contributed by atoms with van der Waals surface area (Å²) in [7, 11) is 1.99. The Morgan fingerprint density at radius 2 is 1.57 bits per heavy atom. The average molecular weight is 198 g/mol. The molecule has 14 heavy (non-hydrogen) atoms. The van der Waals surface area contributed by atoms with E-state index in [0.29, 0.717) is 5.92 Å². The van der Waals surface area contributed by atoms with Crippen molar-refractivity contribution in [2.45, 2.75) is 54.4 Å². The van der Waals surface area contributed by atoms with Crippen LogP contribution in [0.15, 0.2) is 6.20 Å².